The van der Waals surface area contributed by atoms with Crippen molar-refractivity contribution in [3.8, 4) is 0 Å². The van der Waals surface area contributed by atoms with E-state index in [9.17, 15) is 4.79 Å². The summed E-state index contributed by atoms with van der Waals surface area (Å²) in [5.41, 5.74) is 0. The van der Waals surface area contributed by atoms with Crippen LogP contribution in [0, 0.1) is 11.8 Å². The highest BCUT2D eigenvalue weighted by Gasteiger charge is 2.45. The molecule has 0 N–H and O–H groups in total. The number of cyclic esters (lactones) is 1. The molecular weight excluding hydrogens is 196 g/mol. The minimum Gasteiger partial charge on any atom is -0.461 e. The van der Waals surface area contributed by atoms with Gasteiger partial charge in [-0.2, -0.15) is 0 Å². The average Bonchev–Trinajstić information content (AvgIpc) is 2.37. The van der Waals surface area contributed by atoms with Crippen molar-refractivity contribution in [1.82, 2.24) is 0 Å². The third-order valence-electron chi connectivity index (χ3n) is 3.19. The van der Waals surface area contributed by atoms with Gasteiger partial charge in [-0.1, -0.05) is 20.8 Å². The molecule has 0 aromatic carbocycles. The lowest BCUT2D eigenvalue weighted by molar-refractivity contribution is -0.148. The van der Waals surface area contributed by atoms with E-state index in [0.29, 0.717) is 18.4 Å². The Morgan fingerprint density at radius 1 is 1.40 bits per heavy atom. The van der Waals surface area contributed by atoms with E-state index < -0.39 is 0 Å². The Labute approximate surface area is 89.9 Å². The SMILES string of the molecule is CC(C)C1OC2COC(=O)CO[C@H]2C1C. The van der Waals surface area contributed by atoms with Gasteiger partial charge < -0.3 is 14.2 Å². The molecule has 0 aromatic heterocycles. The molecule has 4 heteroatoms. The van der Waals surface area contributed by atoms with Crippen LogP contribution in [0.5, 0.6) is 0 Å². The van der Waals surface area contributed by atoms with Gasteiger partial charge in [0.25, 0.3) is 0 Å². The Balaban J connectivity index is 2.07. The second-order valence-corrected chi connectivity index (χ2v) is 4.70. The van der Waals surface area contributed by atoms with Crippen LogP contribution >= 0.6 is 0 Å². The van der Waals surface area contributed by atoms with Crippen LogP contribution < -0.4 is 0 Å². The summed E-state index contributed by atoms with van der Waals surface area (Å²) in [6, 6.07) is 0. The molecule has 4 atom stereocenters. The van der Waals surface area contributed by atoms with Crippen molar-refractivity contribution in [2.45, 2.75) is 39.1 Å². The molecule has 15 heavy (non-hydrogen) atoms. The molecule has 2 aliphatic rings. The maximum Gasteiger partial charge on any atom is 0.332 e. The smallest absolute Gasteiger partial charge is 0.332 e. The van der Waals surface area contributed by atoms with Crippen molar-refractivity contribution in [2.75, 3.05) is 13.2 Å². The molecule has 86 valence electrons. The molecule has 0 amide bonds. The zero-order chi connectivity index (χ0) is 11.0. The van der Waals surface area contributed by atoms with E-state index in [1.807, 2.05) is 0 Å². The Morgan fingerprint density at radius 2 is 2.13 bits per heavy atom. The molecular formula is C11H18O4. The number of fused-ring (bicyclic) bond motifs is 1. The summed E-state index contributed by atoms with van der Waals surface area (Å²) >= 11 is 0. The van der Waals surface area contributed by atoms with Crippen molar-refractivity contribution >= 4 is 5.97 Å². The van der Waals surface area contributed by atoms with E-state index in [1.54, 1.807) is 0 Å². The van der Waals surface area contributed by atoms with Crippen LogP contribution in [0.1, 0.15) is 20.8 Å². The van der Waals surface area contributed by atoms with E-state index in [1.165, 1.54) is 0 Å². The number of esters is 1. The van der Waals surface area contributed by atoms with Crippen molar-refractivity contribution in [3.05, 3.63) is 0 Å². The highest BCUT2D eigenvalue weighted by Crippen LogP contribution is 2.34. The number of ether oxygens (including phenoxy) is 3. The lowest BCUT2D eigenvalue weighted by Gasteiger charge is -2.20. The van der Waals surface area contributed by atoms with Crippen LogP contribution in [0.4, 0.5) is 0 Å². The fraction of sp³-hybridized carbons (Fsp3) is 0.909. The first kappa shape index (κ1) is 10.9. The third kappa shape index (κ3) is 2.01. The lowest BCUT2D eigenvalue weighted by Crippen LogP contribution is -2.30. The normalized spacial score (nSPS) is 41.2. The van der Waals surface area contributed by atoms with Gasteiger partial charge in [0.15, 0.2) is 0 Å². The highest BCUT2D eigenvalue weighted by molar-refractivity contribution is 5.70. The monoisotopic (exact) mass is 214 g/mol. The lowest BCUT2D eigenvalue weighted by atomic mass is 9.91. The van der Waals surface area contributed by atoms with Crippen molar-refractivity contribution in [3.63, 3.8) is 0 Å². The van der Waals surface area contributed by atoms with Crippen LogP contribution in [0.3, 0.4) is 0 Å². The van der Waals surface area contributed by atoms with E-state index in [-0.39, 0.29) is 30.9 Å². The Kier molecular flexibility index (Phi) is 2.98. The summed E-state index contributed by atoms with van der Waals surface area (Å²) in [6.07, 6.45) is 0.125. The number of rotatable bonds is 1. The summed E-state index contributed by atoms with van der Waals surface area (Å²) in [5, 5.41) is 0. The van der Waals surface area contributed by atoms with Crippen molar-refractivity contribution in [1.29, 1.82) is 0 Å². The Bertz CT molecular complexity index is 251. The van der Waals surface area contributed by atoms with Gasteiger partial charge in [0, 0.05) is 5.92 Å². The summed E-state index contributed by atoms with van der Waals surface area (Å²) < 4.78 is 16.4. The molecule has 0 bridgehead atoms. The maximum absolute atomic E-state index is 11.0. The number of carbonyl (C=O) groups is 1. The molecule has 2 saturated heterocycles. The quantitative estimate of drug-likeness (QED) is 0.610. The van der Waals surface area contributed by atoms with Crippen LogP contribution in [0.15, 0.2) is 0 Å². The van der Waals surface area contributed by atoms with Gasteiger partial charge in [0.05, 0.1) is 12.2 Å². The molecule has 2 aliphatic heterocycles. The largest absolute Gasteiger partial charge is 0.461 e. The zero-order valence-corrected chi connectivity index (χ0v) is 9.43. The summed E-state index contributed by atoms with van der Waals surface area (Å²) in [4.78, 5) is 11.0. The minimum absolute atomic E-state index is 0.00356. The fourth-order valence-corrected chi connectivity index (χ4v) is 2.47. The van der Waals surface area contributed by atoms with E-state index in [4.69, 9.17) is 14.2 Å². The highest BCUT2D eigenvalue weighted by atomic mass is 16.6. The minimum atomic E-state index is -0.290. The zero-order valence-electron chi connectivity index (χ0n) is 9.43. The summed E-state index contributed by atoms with van der Waals surface area (Å²) in [5.74, 6) is 0.497. The molecule has 0 aromatic rings. The first-order valence-corrected chi connectivity index (χ1v) is 5.52. The van der Waals surface area contributed by atoms with Gasteiger partial charge in [-0.15, -0.1) is 0 Å². The van der Waals surface area contributed by atoms with Gasteiger partial charge in [0.1, 0.15) is 19.3 Å². The molecule has 3 unspecified atom stereocenters. The van der Waals surface area contributed by atoms with E-state index in [0.717, 1.165) is 0 Å². The predicted octanol–water partition coefficient (Wildman–Crippen LogP) is 0.988. The van der Waals surface area contributed by atoms with Crippen molar-refractivity contribution < 1.29 is 19.0 Å². The molecule has 0 radical (unpaired) electrons. The molecule has 0 saturated carbocycles. The fourth-order valence-electron chi connectivity index (χ4n) is 2.47. The molecule has 2 fully saturated rings. The van der Waals surface area contributed by atoms with Gasteiger partial charge in [-0.3, -0.25) is 0 Å². The number of carbonyl (C=O) groups excluding carboxylic acids is 1. The first-order chi connectivity index (χ1) is 7.09. The summed E-state index contributed by atoms with van der Waals surface area (Å²) in [7, 11) is 0. The van der Waals surface area contributed by atoms with Gasteiger partial charge in [0.2, 0.25) is 0 Å². The molecule has 0 spiro atoms. The Morgan fingerprint density at radius 3 is 2.80 bits per heavy atom. The topological polar surface area (TPSA) is 44.8 Å². The first-order valence-electron chi connectivity index (χ1n) is 5.52. The van der Waals surface area contributed by atoms with Gasteiger partial charge in [-0.25, -0.2) is 4.79 Å². The standard InChI is InChI=1S/C11H18O4/c1-6(2)10-7(3)11-8(15-10)4-13-9(12)5-14-11/h6-8,10-11H,4-5H2,1-3H3/t7?,8?,10?,11-/m0/s1. The number of hydrogen-bond acceptors (Lipinski definition) is 4. The second-order valence-electron chi connectivity index (χ2n) is 4.70. The molecule has 2 rings (SSSR count). The number of hydrogen-bond donors (Lipinski definition) is 0. The average molecular weight is 214 g/mol. The molecule has 4 nitrogen and oxygen atoms in total. The third-order valence-corrected chi connectivity index (χ3v) is 3.19. The maximum atomic E-state index is 11.0. The van der Waals surface area contributed by atoms with Crippen LogP contribution in [0.25, 0.3) is 0 Å². The van der Waals surface area contributed by atoms with E-state index >= 15 is 0 Å². The van der Waals surface area contributed by atoms with E-state index in [2.05, 4.69) is 20.8 Å². The van der Waals surface area contributed by atoms with Crippen LogP contribution in [0.2, 0.25) is 0 Å². The Hall–Kier alpha value is -0.610. The summed E-state index contributed by atoms with van der Waals surface area (Å²) in [6.45, 7) is 6.78. The van der Waals surface area contributed by atoms with Crippen molar-refractivity contribution in [2.24, 2.45) is 11.8 Å². The second kappa shape index (κ2) is 4.10. The predicted molar refractivity (Wildman–Crippen MR) is 53.4 cm³/mol. The molecule has 0 aliphatic carbocycles. The van der Waals surface area contributed by atoms with Crippen LogP contribution in [-0.4, -0.2) is 37.5 Å². The van der Waals surface area contributed by atoms with Gasteiger partial charge >= 0.3 is 5.97 Å². The molecule has 2 heterocycles. The van der Waals surface area contributed by atoms with Crippen LogP contribution in [-0.2, 0) is 19.0 Å². The van der Waals surface area contributed by atoms with Gasteiger partial charge in [-0.05, 0) is 5.92 Å².